The van der Waals surface area contributed by atoms with Crippen LogP contribution in [-0.4, -0.2) is 48.3 Å². The van der Waals surface area contributed by atoms with Crippen molar-refractivity contribution in [3.8, 4) is 0 Å². The molecule has 0 atom stereocenters. The quantitative estimate of drug-likeness (QED) is 0.773. The molecule has 0 aromatic heterocycles. The maximum Gasteiger partial charge on any atom is 0.255 e. The number of anilines is 3. The van der Waals surface area contributed by atoms with Gasteiger partial charge in [0.1, 0.15) is 0 Å². The third-order valence-electron chi connectivity index (χ3n) is 4.73. The first-order chi connectivity index (χ1) is 13.6. The van der Waals surface area contributed by atoms with Gasteiger partial charge in [-0.2, -0.15) is 0 Å². The van der Waals surface area contributed by atoms with Crippen molar-refractivity contribution in [2.75, 3.05) is 39.5 Å². The number of amides is 1. The van der Waals surface area contributed by atoms with Crippen LogP contribution in [0.25, 0.3) is 0 Å². The number of rotatable bonds is 5. The van der Waals surface area contributed by atoms with Gasteiger partial charge < -0.3 is 5.32 Å². The van der Waals surface area contributed by atoms with Gasteiger partial charge >= 0.3 is 0 Å². The standard InChI is InChI=1S/C19H23N3O5S2/c1-21(28(2,24)25)18-7-5-6-16(14-18)20-19(23)15-8-10-17(11-9-15)22-12-3-4-13-29(22,26)27/h5-11,14H,3-4,12-13H2,1-2H3,(H,20,23). The van der Waals surface area contributed by atoms with Gasteiger partial charge in [0.05, 0.1) is 23.4 Å². The van der Waals surface area contributed by atoms with Gasteiger partial charge in [0.2, 0.25) is 20.0 Å². The molecule has 8 nitrogen and oxygen atoms in total. The Balaban J connectivity index is 1.75. The van der Waals surface area contributed by atoms with E-state index in [0.29, 0.717) is 35.6 Å². The fraction of sp³-hybridized carbons (Fsp3) is 0.316. The molecule has 1 saturated heterocycles. The maximum atomic E-state index is 12.5. The molecule has 0 unspecified atom stereocenters. The summed E-state index contributed by atoms with van der Waals surface area (Å²) in [7, 11) is -5.28. The molecule has 1 fully saturated rings. The van der Waals surface area contributed by atoms with Crippen LogP contribution in [0.15, 0.2) is 48.5 Å². The van der Waals surface area contributed by atoms with Gasteiger partial charge in [0.15, 0.2) is 0 Å². The predicted molar refractivity (Wildman–Crippen MR) is 114 cm³/mol. The second kappa shape index (κ2) is 8.03. The molecule has 10 heteroatoms. The summed E-state index contributed by atoms with van der Waals surface area (Å²) in [6.07, 6.45) is 2.56. The lowest BCUT2D eigenvalue weighted by molar-refractivity contribution is 0.102. The summed E-state index contributed by atoms with van der Waals surface area (Å²) in [6.45, 7) is 0.439. The first kappa shape index (κ1) is 21.1. The van der Waals surface area contributed by atoms with Crippen molar-refractivity contribution in [2.45, 2.75) is 12.8 Å². The SMILES string of the molecule is CN(c1cccc(NC(=O)c2ccc(N3CCCCS3(=O)=O)cc2)c1)S(C)(=O)=O. The number of nitrogens with zero attached hydrogens (tertiary/aromatic N) is 2. The van der Waals surface area contributed by atoms with Crippen molar-refractivity contribution in [2.24, 2.45) is 0 Å². The molecule has 0 spiro atoms. The molecule has 2 aromatic rings. The van der Waals surface area contributed by atoms with Crippen LogP contribution in [-0.2, 0) is 20.0 Å². The first-order valence-electron chi connectivity index (χ1n) is 9.04. The highest BCUT2D eigenvalue weighted by molar-refractivity contribution is 7.92. The van der Waals surface area contributed by atoms with Crippen LogP contribution >= 0.6 is 0 Å². The Bertz CT molecular complexity index is 1110. The lowest BCUT2D eigenvalue weighted by atomic mass is 10.2. The van der Waals surface area contributed by atoms with E-state index in [1.54, 1.807) is 48.5 Å². The van der Waals surface area contributed by atoms with E-state index in [1.807, 2.05) is 0 Å². The summed E-state index contributed by atoms with van der Waals surface area (Å²) in [5, 5.41) is 2.73. The third kappa shape index (κ3) is 4.88. The molecule has 156 valence electrons. The fourth-order valence-electron chi connectivity index (χ4n) is 3.03. The Kier molecular flexibility index (Phi) is 5.85. The molecule has 1 N–H and O–H groups in total. The zero-order valence-corrected chi connectivity index (χ0v) is 17.8. The molecule has 1 amide bonds. The van der Waals surface area contributed by atoms with Crippen LogP contribution in [0, 0.1) is 0 Å². The van der Waals surface area contributed by atoms with Gasteiger partial charge in [0, 0.05) is 24.8 Å². The van der Waals surface area contributed by atoms with E-state index < -0.39 is 20.0 Å². The first-order valence-corrected chi connectivity index (χ1v) is 12.5. The predicted octanol–water partition coefficient (Wildman–Crippen LogP) is 2.26. The van der Waals surface area contributed by atoms with E-state index >= 15 is 0 Å². The molecule has 1 aliphatic rings. The zero-order valence-electron chi connectivity index (χ0n) is 16.2. The number of carbonyl (C=O) groups is 1. The normalized spacial score (nSPS) is 16.3. The Hall–Kier alpha value is -2.59. The summed E-state index contributed by atoms with van der Waals surface area (Å²) in [4.78, 5) is 12.5. The highest BCUT2D eigenvalue weighted by atomic mass is 32.2. The fourth-order valence-corrected chi connectivity index (χ4v) is 5.17. The molecule has 29 heavy (non-hydrogen) atoms. The molecular formula is C19H23N3O5S2. The van der Waals surface area contributed by atoms with Crippen molar-refractivity contribution in [1.29, 1.82) is 0 Å². The van der Waals surface area contributed by atoms with Crippen LogP contribution in [0.5, 0.6) is 0 Å². The Morgan fingerprint density at radius 2 is 1.79 bits per heavy atom. The van der Waals surface area contributed by atoms with E-state index in [-0.39, 0.29) is 11.7 Å². The molecule has 3 rings (SSSR count). The summed E-state index contributed by atoms with van der Waals surface area (Å²) < 4.78 is 50.3. The number of benzene rings is 2. The molecular weight excluding hydrogens is 414 g/mol. The molecule has 0 saturated carbocycles. The minimum atomic E-state index is -3.41. The monoisotopic (exact) mass is 437 g/mol. The van der Waals surface area contributed by atoms with Crippen LogP contribution < -0.4 is 13.9 Å². The topological polar surface area (TPSA) is 104 Å². The van der Waals surface area contributed by atoms with E-state index in [2.05, 4.69) is 5.32 Å². The smallest absolute Gasteiger partial charge is 0.255 e. The van der Waals surface area contributed by atoms with Gasteiger partial charge in [-0.25, -0.2) is 16.8 Å². The minimum Gasteiger partial charge on any atom is -0.322 e. The van der Waals surface area contributed by atoms with Crippen LogP contribution in [0.3, 0.4) is 0 Å². The van der Waals surface area contributed by atoms with Gasteiger partial charge in [-0.15, -0.1) is 0 Å². The van der Waals surface area contributed by atoms with Crippen LogP contribution in [0.1, 0.15) is 23.2 Å². The second-order valence-electron chi connectivity index (χ2n) is 6.88. The zero-order chi connectivity index (χ0) is 21.2. The minimum absolute atomic E-state index is 0.132. The number of sulfonamides is 2. The summed E-state index contributed by atoms with van der Waals surface area (Å²) in [5.74, 6) is -0.245. The van der Waals surface area contributed by atoms with E-state index in [1.165, 1.54) is 11.4 Å². The Labute approximate surface area is 171 Å². The average Bonchev–Trinajstić information content (AvgIpc) is 2.66. The molecule has 0 radical (unpaired) electrons. The molecule has 1 aliphatic heterocycles. The van der Waals surface area contributed by atoms with E-state index in [0.717, 1.165) is 17.0 Å². The summed E-state index contributed by atoms with van der Waals surface area (Å²) in [6, 6.07) is 12.9. The Morgan fingerprint density at radius 3 is 2.41 bits per heavy atom. The highest BCUT2D eigenvalue weighted by Crippen LogP contribution is 2.25. The van der Waals surface area contributed by atoms with E-state index in [4.69, 9.17) is 0 Å². The molecule has 0 bridgehead atoms. The second-order valence-corrected chi connectivity index (χ2v) is 10.9. The van der Waals surface area contributed by atoms with Crippen molar-refractivity contribution in [1.82, 2.24) is 0 Å². The maximum absolute atomic E-state index is 12.5. The van der Waals surface area contributed by atoms with Gasteiger partial charge in [0.25, 0.3) is 5.91 Å². The summed E-state index contributed by atoms with van der Waals surface area (Å²) in [5.41, 5.74) is 1.78. The number of carbonyl (C=O) groups excluding carboxylic acids is 1. The van der Waals surface area contributed by atoms with Gasteiger partial charge in [-0.3, -0.25) is 13.4 Å². The van der Waals surface area contributed by atoms with Gasteiger partial charge in [-0.05, 0) is 55.3 Å². The molecule has 0 aliphatic carbocycles. The van der Waals surface area contributed by atoms with Crippen LogP contribution in [0.4, 0.5) is 17.1 Å². The van der Waals surface area contributed by atoms with Crippen molar-refractivity contribution in [3.63, 3.8) is 0 Å². The Morgan fingerprint density at radius 1 is 1.10 bits per heavy atom. The third-order valence-corrected chi connectivity index (χ3v) is 7.81. The number of hydrogen-bond acceptors (Lipinski definition) is 5. The summed E-state index contributed by atoms with van der Waals surface area (Å²) >= 11 is 0. The largest absolute Gasteiger partial charge is 0.322 e. The van der Waals surface area contributed by atoms with E-state index in [9.17, 15) is 21.6 Å². The average molecular weight is 438 g/mol. The lowest BCUT2D eigenvalue weighted by Crippen LogP contribution is -2.37. The molecule has 1 heterocycles. The van der Waals surface area contributed by atoms with Crippen molar-refractivity contribution >= 4 is 43.0 Å². The molecule has 2 aromatic carbocycles. The van der Waals surface area contributed by atoms with Crippen LogP contribution in [0.2, 0.25) is 0 Å². The van der Waals surface area contributed by atoms with Gasteiger partial charge in [-0.1, -0.05) is 6.07 Å². The highest BCUT2D eigenvalue weighted by Gasteiger charge is 2.26. The lowest BCUT2D eigenvalue weighted by Gasteiger charge is -2.28. The number of hydrogen-bond donors (Lipinski definition) is 1. The van der Waals surface area contributed by atoms with Crippen molar-refractivity contribution in [3.05, 3.63) is 54.1 Å². The number of nitrogens with one attached hydrogen (secondary N) is 1. The van der Waals surface area contributed by atoms with Crippen molar-refractivity contribution < 1.29 is 21.6 Å².